The van der Waals surface area contributed by atoms with Crippen LogP contribution < -0.4 is 10.2 Å². The van der Waals surface area contributed by atoms with Crippen molar-refractivity contribution in [3.8, 4) is 0 Å². The fraction of sp³-hybridized carbons (Fsp3) is 0.409. The molecule has 2 aliphatic rings. The van der Waals surface area contributed by atoms with E-state index in [1.54, 1.807) is 6.20 Å². The molecule has 30 heavy (non-hydrogen) atoms. The van der Waals surface area contributed by atoms with Crippen LogP contribution in [0.1, 0.15) is 23.2 Å². The SMILES string of the molecule is O=C(CN1CCN(C(=O)c2cccnc2N2CCCC2)CC1)Nc1ccc(F)cc1. The van der Waals surface area contributed by atoms with Gasteiger partial charge in [0.2, 0.25) is 5.91 Å². The molecule has 0 radical (unpaired) electrons. The lowest BCUT2D eigenvalue weighted by Crippen LogP contribution is -2.50. The van der Waals surface area contributed by atoms with Gasteiger partial charge >= 0.3 is 0 Å². The van der Waals surface area contributed by atoms with Gasteiger partial charge in [-0.3, -0.25) is 14.5 Å². The number of anilines is 2. The minimum atomic E-state index is -0.338. The molecule has 1 N–H and O–H groups in total. The number of hydrogen-bond donors (Lipinski definition) is 1. The van der Waals surface area contributed by atoms with Gasteiger partial charge in [0.05, 0.1) is 12.1 Å². The summed E-state index contributed by atoms with van der Waals surface area (Å²) in [5, 5.41) is 2.77. The van der Waals surface area contributed by atoms with Crippen LogP contribution in [0.25, 0.3) is 0 Å². The van der Waals surface area contributed by atoms with Crippen LogP contribution in [0.3, 0.4) is 0 Å². The summed E-state index contributed by atoms with van der Waals surface area (Å²) in [4.78, 5) is 35.9. The Labute approximate surface area is 175 Å². The molecule has 2 aromatic rings. The molecule has 2 amide bonds. The Balaban J connectivity index is 1.31. The molecule has 0 atom stereocenters. The van der Waals surface area contributed by atoms with Crippen LogP contribution in [-0.2, 0) is 4.79 Å². The third kappa shape index (κ3) is 4.76. The van der Waals surface area contributed by atoms with Crippen LogP contribution in [-0.4, -0.2) is 72.4 Å². The molecule has 2 fully saturated rings. The minimum absolute atomic E-state index is 0.000383. The van der Waals surface area contributed by atoms with E-state index >= 15 is 0 Å². The monoisotopic (exact) mass is 411 g/mol. The van der Waals surface area contributed by atoms with E-state index in [0.717, 1.165) is 31.7 Å². The van der Waals surface area contributed by atoms with Crippen molar-refractivity contribution in [3.05, 3.63) is 54.0 Å². The zero-order valence-corrected chi connectivity index (χ0v) is 16.9. The summed E-state index contributed by atoms with van der Waals surface area (Å²) in [5.74, 6) is 0.293. The van der Waals surface area contributed by atoms with Gasteiger partial charge in [-0.05, 0) is 49.2 Å². The molecule has 8 heteroatoms. The highest BCUT2D eigenvalue weighted by atomic mass is 19.1. The predicted octanol–water partition coefficient (Wildman–Crippen LogP) is 2.22. The average molecular weight is 411 g/mol. The Bertz CT molecular complexity index is 891. The molecule has 158 valence electrons. The number of aromatic nitrogens is 1. The van der Waals surface area contributed by atoms with Crippen molar-refractivity contribution in [2.75, 3.05) is 56.0 Å². The van der Waals surface area contributed by atoms with E-state index < -0.39 is 0 Å². The second-order valence-corrected chi connectivity index (χ2v) is 7.69. The van der Waals surface area contributed by atoms with E-state index in [4.69, 9.17) is 0 Å². The summed E-state index contributed by atoms with van der Waals surface area (Å²) in [6.45, 7) is 4.51. The van der Waals surface area contributed by atoms with Gasteiger partial charge in [-0.2, -0.15) is 0 Å². The van der Waals surface area contributed by atoms with Crippen molar-refractivity contribution in [2.45, 2.75) is 12.8 Å². The lowest BCUT2D eigenvalue weighted by Gasteiger charge is -2.34. The smallest absolute Gasteiger partial charge is 0.257 e. The van der Waals surface area contributed by atoms with E-state index in [0.29, 0.717) is 37.4 Å². The molecule has 0 saturated carbocycles. The number of nitrogens with zero attached hydrogens (tertiary/aromatic N) is 4. The van der Waals surface area contributed by atoms with Gasteiger partial charge in [-0.25, -0.2) is 9.37 Å². The van der Waals surface area contributed by atoms with Crippen molar-refractivity contribution in [1.29, 1.82) is 0 Å². The molecule has 0 spiro atoms. The van der Waals surface area contributed by atoms with Gasteiger partial charge in [-0.1, -0.05) is 0 Å². The molecular formula is C22H26FN5O2. The van der Waals surface area contributed by atoms with Gasteiger partial charge in [0.15, 0.2) is 0 Å². The first-order valence-corrected chi connectivity index (χ1v) is 10.4. The summed E-state index contributed by atoms with van der Waals surface area (Å²) >= 11 is 0. The summed E-state index contributed by atoms with van der Waals surface area (Å²) in [7, 11) is 0. The fourth-order valence-corrected chi connectivity index (χ4v) is 3.96. The van der Waals surface area contributed by atoms with E-state index in [9.17, 15) is 14.0 Å². The number of halogens is 1. The van der Waals surface area contributed by atoms with Crippen LogP contribution in [0.4, 0.5) is 15.9 Å². The fourth-order valence-electron chi connectivity index (χ4n) is 3.96. The van der Waals surface area contributed by atoms with Crippen LogP contribution in [0.15, 0.2) is 42.6 Å². The maximum Gasteiger partial charge on any atom is 0.257 e. The van der Waals surface area contributed by atoms with E-state index in [1.807, 2.05) is 21.9 Å². The summed E-state index contributed by atoms with van der Waals surface area (Å²) < 4.78 is 13.0. The Hall–Kier alpha value is -3.00. The number of carbonyl (C=O) groups is 2. The van der Waals surface area contributed by atoms with Crippen molar-refractivity contribution in [3.63, 3.8) is 0 Å². The molecule has 7 nitrogen and oxygen atoms in total. The molecule has 0 unspecified atom stereocenters. The standard InChI is InChI=1S/C22H26FN5O2/c23-17-5-7-18(8-6-17)25-20(29)16-26-12-14-28(15-13-26)22(30)19-4-3-9-24-21(19)27-10-1-2-11-27/h3-9H,1-2,10-16H2,(H,25,29). The first-order chi connectivity index (χ1) is 14.6. The molecule has 3 heterocycles. The van der Waals surface area contributed by atoms with Crippen LogP contribution in [0.2, 0.25) is 0 Å². The van der Waals surface area contributed by atoms with Crippen LogP contribution in [0.5, 0.6) is 0 Å². The van der Waals surface area contributed by atoms with Gasteiger partial charge in [-0.15, -0.1) is 0 Å². The van der Waals surface area contributed by atoms with Gasteiger partial charge in [0.1, 0.15) is 11.6 Å². The van der Waals surface area contributed by atoms with Gasteiger partial charge in [0.25, 0.3) is 5.91 Å². The largest absolute Gasteiger partial charge is 0.356 e. The molecule has 4 rings (SSSR count). The summed E-state index contributed by atoms with van der Waals surface area (Å²) in [6, 6.07) is 9.36. The number of pyridine rings is 1. The normalized spacial score (nSPS) is 17.2. The first-order valence-electron chi connectivity index (χ1n) is 10.4. The zero-order chi connectivity index (χ0) is 20.9. The van der Waals surface area contributed by atoms with Crippen LogP contribution >= 0.6 is 0 Å². The zero-order valence-electron chi connectivity index (χ0n) is 16.9. The predicted molar refractivity (Wildman–Crippen MR) is 113 cm³/mol. The number of amides is 2. The Morgan fingerprint density at radius 1 is 0.967 bits per heavy atom. The molecule has 2 saturated heterocycles. The highest BCUT2D eigenvalue weighted by Gasteiger charge is 2.27. The Morgan fingerprint density at radius 3 is 2.37 bits per heavy atom. The lowest BCUT2D eigenvalue weighted by atomic mass is 10.2. The van der Waals surface area contributed by atoms with Crippen molar-refractivity contribution in [2.24, 2.45) is 0 Å². The van der Waals surface area contributed by atoms with E-state index in [-0.39, 0.29) is 24.2 Å². The third-order valence-corrected chi connectivity index (χ3v) is 5.58. The van der Waals surface area contributed by atoms with Crippen molar-refractivity contribution >= 4 is 23.3 Å². The first kappa shape index (κ1) is 20.3. The molecule has 2 aliphatic heterocycles. The molecule has 0 bridgehead atoms. The second-order valence-electron chi connectivity index (χ2n) is 7.69. The molecule has 0 aliphatic carbocycles. The third-order valence-electron chi connectivity index (χ3n) is 5.58. The van der Waals surface area contributed by atoms with Crippen molar-refractivity contribution in [1.82, 2.24) is 14.8 Å². The van der Waals surface area contributed by atoms with Gasteiger partial charge < -0.3 is 15.1 Å². The van der Waals surface area contributed by atoms with Crippen LogP contribution in [0, 0.1) is 5.82 Å². The summed E-state index contributed by atoms with van der Waals surface area (Å²) in [5.41, 5.74) is 1.23. The van der Waals surface area contributed by atoms with E-state index in [2.05, 4.69) is 15.2 Å². The average Bonchev–Trinajstić information content (AvgIpc) is 3.30. The second kappa shape index (κ2) is 9.21. The number of benzene rings is 1. The molecule has 1 aromatic carbocycles. The number of hydrogen-bond acceptors (Lipinski definition) is 5. The molecular weight excluding hydrogens is 385 g/mol. The Kier molecular flexibility index (Phi) is 6.23. The maximum absolute atomic E-state index is 13.1. The number of nitrogens with one attached hydrogen (secondary N) is 1. The van der Waals surface area contributed by atoms with E-state index in [1.165, 1.54) is 24.3 Å². The van der Waals surface area contributed by atoms with Crippen molar-refractivity contribution < 1.29 is 14.0 Å². The number of carbonyl (C=O) groups excluding carboxylic acids is 2. The maximum atomic E-state index is 13.1. The topological polar surface area (TPSA) is 68.8 Å². The Morgan fingerprint density at radius 2 is 1.67 bits per heavy atom. The number of piperazine rings is 1. The highest BCUT2D eigenvalue weighted by molar-refractivity contribution is 5.99. The quantitative estimate of drug-likeness (QED) is 0.817. The highest BCUT2D eigenvalue weighted by Crippen LogP contribution is 2.23. The van der Waals surface area contributed by atoms with Gasteiger partial charge in [0, 0.05) is 51.2 Å². The molecule has 1 aromatic heterocycles. The lowest BCUT2D eigenvalue weighted by molar-refractivity contribution is -0.117. The number of rotatable bonds is 5. The summed E-state index contributed by atoms with van der Waals surface area (Å²) in [6.07, 6.45) is 3.99. The minimum Gasteiger partial charge on any atom is -0.356 e.